The van der Waals surface area contributed by atoms with Crippen molar-refractivity contribution in [2.45, 2.75) is 51.4 Å². The number of alkyl halides is 3. The van der Waals surface area contributed by atoms with Crippen molar-refractivity contribution in [3.05, 3.63) is 41.5 Å². The highest BCUT2D eigenvalue weighted by molar-refractivity contribution is 5.80. The number of benzene rings is 1. The maximum absolute atomic E-state index is 12.8. The molecule has 2 aromatic rings. The molecule has 0 spiro atoms. The third kappa shape index (κ3) is 5.16. The van der Waals surface area contributed by atoms with Gasteiger partial charge in [0.05, 0.1) is 5.56 Å². The number of hydrogen-bond acceptors (Lipinski definition) is 4. The molecule has 1 saturated heterocycles. The summed E-state index contributed by atoms with van der Waals surface area (Å²) in [6, 6.07) is 5.85. The van der Waals surface area contributed by atoms with E-state index >= 15 is 0 Å². The van der Waals surface area contributed by atoms with Crippen molar-refractivity contribution in [3.63, 3.8) is 0 Å². The summed E-state index contributed by atoms with van der Waals surface area (Å²) in [5.74, 6) is 2.55. The molecule has 0 atom stereocenters. The molecule has 4 rings (SSSR count). The number of aliphatic imine (C=N–C) groups is 1. The largest absolute Gasteiger partial charge is 0.416 e. The predicted octanol–water partition coefficient (Wildman–Crippen LogP) is 3.35. The van der Waals surface area contributed by atoms with Crippen LogP contribution in [0.1, 0.15) is 42.9 Å². The maximum Gasteiger partial charge on any atom is 0.416 e. The Labute approximate surface area is 186 Å². The van der Waals surface area contributed by atoms with E-state index in [1.54, 1.807) is 12.1 Å². The summed E-state index contributed by atoms with van der Waals surface area (Å²) in [5.41, 5.74) is 0.198. The molecular formula is C22H30F3N7. The van der Waals surface area contributed by atoms with Crippen LogP contribution in [-0.4, -0.2) is 57.8 Å². The van der Waals surface area contributed by atoms with Gasteiger partial charge >= 0.3 is 6.18 Å². The molecule has 0 unspecified atom stereocenters. The summed E-state index contributed by atoms with van der Waals surface area (Å²) in [4.78, 5) is 9.22. The zero-order chi connectivity index (χ0) is 22.7. The van der Waals surface area contributed by atoms with Gasteiger partial charge in [-0.15, -0.1) is 10.2 Å². The van der Waals surface area contributed by atoms with Gasteiger partial charge in [-0.2, -0.15) is 13.2 Å². The van der Waals surface area contributed by atoms with Crippen LogP contribution in [0, 0.1) is 6.92 Å². The van der Waals surface area contributed by atoms with E-state index < -0.39 is 11.7 Å². The van der Waals surface area contributed by atoms with Gasteiger partial charge in [0.15, 0.2) is 11.8 Å². The molecular weight excluding hydrogens is 419 g/mol. The van der Waals surface area contributed by atoms with E-state index in [-0.39, 0.29) is 0 Å². The summed E-state index contributed by atoms with van der Waals surface area (Å²) in [7, 11) is 1.94. The topological polar surface area (TPSA) is 61.6 Å². The third-order valence-electron chi connectivity index (χ3n) is 6.38. The van der Waals surface area contributed by atoms with E-state index in [0.717, 1.165) is 74.4 Å². The molecule has 7 nitrogen and oxygen atoms in total. The highest BCUT2D eigenvalue weighted by Gasteiger charge is 2.30. The molecule has 1 aromatic heterocycles. The number of halogens is 3. The van der Waals surface area contributed by atoms with E-state index in [1.165, 1.54) is 12.8 Å². The number of guanidine groups is 1. The van der Waals surface area contributed by atoms with Crippen molar-refractivity contribution >= 4 is 11.6 Å². The fourth-order valence-electron chi connectivity index (χ4n) is 4.26. The lowest BCUT2D eigenvalue weighted by Gasteiger charge is -2.38. The zero-order valence-corrected chi connectivity index (χ0v) is 18.6. The highest BCUT2D eigenvalue weighted by atomic mass is 19.4. The van der Waals surface area contributed by atoms with Crippen molar-refractivity contribution in [1.29, 1.82) is 0 Å². The first-order valence-corrected chi connectivity index (χ1v) is 11.1. The van der Waals surface area contributed by atoms with Gasteiger partial charge in [-0.05, 0) is 44.0 Å². The second-order valence-electron chi connectivity index (χ2n) is 8.51. The Morgan fingerprint density at radius 1 is 1.06 bits per heavy atom. The molecule has 174 valence electrons. The molecule has 1 aliphatic heterocycles. The maximum atomic E-state index is 12.8. The van der Waals surface area contributed by atoms with Gasteiger partial charge in [0.1, 0.15) is 12.4 Å². The molecule has 2 heterocycles. The second kappa shape index (κ2) is 9.38. The Balaban J connectivity index is 1.42. The zero-order valence-electron chi connectivity index (χ0n) is 18.6. The fraction of sp³-hybridized carbons (Fsp3) is 0.591. The summed E-state index contributed by atoms with van der Waals surface area (Å²) >= 11 is 0. The van der Waals surface area contributed by atoms with Gasteiger partial charge in [0, 0.05) is 45.0 Å². The summed E-state index contributed by atoms with van der Waals surface area (Å²) in [5, 5.41) is 12.0. The normalized spacial score (nSPS) is 18.5. The van der Waals surface area contributed by atoms with E-state index in [2.05, 4.69) is 25.3 Å². The Morgan fingerprint density at radius 3 is 2.28 bits per heavy atom. The molecule has 0 amide bonds. The van der Waals surface area contributed by atoms with Crippen molar-refractivity contribution in [2.75, 3.05) is 31.1 Å². The molecule has 0 bridgehead atoms. The SMILES string of the molecule is Cc1nnc(CN=C(NC2CCCC2)N2CCN(c3ccc(C(F)(F)F)cc3)CC2)n1C. The van der Waals surface area contributed by atoms with Gasteiger partial charge in [-0.1, -0.05) is 12.8 Å². The minimum Gasteiger partial charge on any atom is -0.368 e. The van der Waals surface area contributed by atoms with Gasteiger partial charge in [-0.25, -0.2) is 4.99 Å². The average molecular weight is 450 g/mol. The Hall–Kier alpha value is -2.78. The van der Waals surface area contributed by atoms with E-state index in [1.807, 2.05) is 18.5 Å². The first kappa shape index (κ1) is 22.4. The molecule has 10 heteroatoms. The van der Waals surface area contributed by atoms with Gasteiger partial charge in [-0.3, -0.25) is 0 Å². The number of nitrogens with one attached hydrogen (secondary N) is 1. The van der Waals surface area contributed by atoms with E-state index in [4.69, 9.17) is 4.99 Å². The van der Waals surface area contributed by atoms with Gasteiger partial charge < -0.3 is 19.7 Å². The molecule has 1 N–H and O–H groups in total. The van der Waals surface area contributed by atoms with Gasteiger partial charge in [0.2, 0.25) is 0 Å². The quantitative estimate of drug-likeness (QED) is 0.573. The summed E-state index contributed by atoms with van der Waals surface area (Å²) in [6.45, 7) is 5.30. The number of aromatic nitrogens is 3. The highest BCUT2D eigenvalue weighted by Crippen LogP contribution is 2.30. The smallest absolute Gasteiger partial charge is 0.368 e. The van der Waals surface area contributed by atoms with E-state index in [0.29, 0.717) is 12.6 Å². The van der Waals surface area contributed by atoms with Crippen molar-refractivity contribution < 1.29 is 13.2 Å². The predicted molar refractivity (Wildman–Crippen MR) is 118 cm³/mol. The van der Waals surface area contributed by atoms with Crippen LogP contribution in [0.5, 0.6) is 0 Å². The molecule has 1 aliphatic carbocycles. The summed E-state index contributed by atoms with van der Waals surface area (Å²) in [6.07, 6.45) is 0.446. The van der Waals surface area contributed by atoms with Crippen LogP contribution in [0.25, 0.3) is 0 Å². The third-order valence-corrected chi connectivity index (χ3v) is 6.38. The van der Waals surface area contributed by atoms with Crippen LogP contribution in [0.3, 0.4) is 0 Å². The molecule has 0 radical (unpaired) electrons. The van der Waals surface area contributed by atoms with E-state index in [9.17, 15) is 13.2 Å². The second-order valence-corrected chi connectivity index (χ2v) is 8.51. The Kier molecular flexibility index (Phi) is 6.57. The van der Waals surface area contributed by atoms with Crippen LogP contribution < -0.4 is 10.2 Å². The van der Waals surface area contributed by atoms with Crippen molar-refractivity contribution in [1.82, 2.24) is 25.0 Å². The lowest BCUT2D eigenvalue weighted by atomic mass is 10.1. The Bertz CT molecular complexity index is 922. The molecule has 2 aliphatic rings. The van der Waals surface area contributed by atoms with Crippen LogP contribution in [0.4, 0.5) is 18.9 Å². The van der Waals surface area contributed by atoms with Crippen molar-refractivity contribution in [3.8, 4) is 0 Å². The van der Waals surface area contributed by atoms with Crippen molar-refractivity contribution in [2.24, 2.45) is 12.0 Å². The lowest BCUT2D eigenvalue weighted by Crippen LogP contribution is -2.54. The number of hydrogen-bond donors (Lipinski definition) is 1. The summed E-state index contributed by atoms with van der Waals surface area (Å²) < 4.78 is 40.5. The molecule has 1 aromatic carbocycles. The Morgan fingerprint density at radius 2 is 1.72 bits per heavy atom. The minimum atomic E-state index is -4.31. The number of anilines is 1. The fourth-order valence-corrected chi connectivity index (χ4v) is 4.26. The first-order valence-electron chi connectivity index (χ1n) is 11.1. The number of nitrogens with zero attached hydrogens (tertiary/aromatic N) is 6. The lowest BCUT2D eigenvalue weighted by molar-refractivity contribution is -0.137. The average Bonchev–Trinajstić information content (AvgIpc) is 3.41. The monoisotopic (exact) mass is 449 g/mol. The number of piperazine rings is 1. The van der Waals surface area contributed by atoms with Gasteiger partial charge in [0.25, 0.3) is 0 Å². The first-order chi connectivity index (χ1) is 15.3. The number of aryl methyl sites for hydroxylation is 1. The van der Waals surface area contributed by atoms with Crippen LogP contribution >= 0.6 is 0 Å². The molecule has 2 fully saturated rings. The van der Waals surface area contributed by atoms with Crippen LogP contribution in [0.2, 0.25) is 0 Å². The molecule has 1 saturated carbocycles. The van der Waals surface area contributed by atoms with Crippen LogP contribution in [-0.2, 0) is 19.8 Å². The minimum absolute atomic E-state index is 0.433. The van der Waals surface area contributed by atoms with Crippen LogP contribution in [0.15, 0.2) is 29.3 Å². The standard InChI is InChI=1S/C22H30F3N7/c1-16-28-29-20(30(16)2)15-26-21(27-18-5-3-4-6-18)32-13-11-31(12-14-32)19-9-7-17(8-10-19)22(23,24)25/h7-10,18H,3-6,11-15H2,1-2H3,(H,26,27). The molecule has 32 heavy (non-hydrogen) atoms. The number of rotatable bonds is 4.